The molecule has 0 saturated heterocycles. The highest BCUT2D eigenvalue weighted by molar-refractivity contribution is 6.12. The maximum absolute atomic E-state index is 9.26. The van der Waals surface area contributed by atoms with E-state index in [1.165, 1.54) is 6.92 Å². The molecule has 0 unspecified atom stereocenters. The Morgan fingerprint density at radius 2 is 0.824 bits per heavy atom. The van der Waals surface area contributed by atoms with Crippen LogP contribution in [-0.4, -0.2) is 9.13 Å². The van der Waals surface area contributed by atoms with Gasteiger partial charge in [0.15, 0.2) is 0 Å². The van der Waals surface area contributed by atoms with Gasteiger partial charge in [0.2, 0.25) is 0 Å². The summed E-state index contributed by atoms with van der Waals surface area (Å²) in [6, 6.07) is 17.1. The van der Waals surface area contributed by atoms with Gasteiger partial charge in [0.05, 0.1) is 45.4 Å². The molecule has 0 atom stereocenters. The van der Waals surface area contributed by atoms with Crippen LogP contribution in [-0.2, 0) is 0 Å². The van der Waals surface area contributed by atoms with Crippen LogP contribution in [0.3, 0.4) is 0 Å². The van der Waals surface area contributed by atoms with E-state index in [-0.39, 0.29) is 40.1 Å². The van der Waals surface area contributed by atoms with Crippen molar-refractivity contribution < 1.29 is 23.3 Å². The normalized spacial score (nSPS) is 16.3. The summed E-state index contributed by atoms with van der Waals surface area (Å²) in [5, 5.41) is 2.93. The van der Waals surface area contributed by atoms with Crippen molar-refractivity contribution in [3.63, 3.8) is 0 Å². The van der Waals surface area contributed by atoms with Crippen LogP contribution in [0, 0.1) is 6.92 Å². The van der Waals surface area contributed by atoms with Crippen LogP contribution in [0.5, 0.6) is 0 Å². The standard InChI is InChI=1S/C49H34N2/c1-33-10-9-13-37(30-33)36-20-26-41(27-21-36)51-47-17-8-6-15-43(47)45-32-39(23-29-49(45)51)38-22-28-48-44(31-38)42-14-5-7-16-46(42)50(48)40-24-18-35(19-25-40)34-11-3-2-4-12-34/h2-32H,1H3/i2D,3D,4D,9D,10D,11D,12D,13D,18D,19D,20D,21D,24D,25D,26D,27D,30D. The third kappa shape index (κ3) is 4.87. The molecule has 10 aromatic rings. The zero-order valence-corrected chi connectivity index (χ0v) is 27.0. The fourth-order valence-electron chi connectivity index (χ4n) is 6.81. The molecule has 10 rings (SSSR count). The first-order chi connectivity index (χ1) is 32.3. The number of rotatable bonds is 5. The van der Waals surface area contributed by atoms with Crippen molar-refractivity contribution in [2.45, 2.75) is 6.92 Å². The predicted molar refractivity (Wildman–Crippen MR) is 216 cm³/mol. The van der Waals surface area contributed by atoms with Crippen molar-refractivity contribution in [3.8, 4) is 44.8 Å². The van der Waals surface area contributed by atoms with Crippen molar-refractivity contribution in [1.29, 1.82) is 0 Å². The summed E-state index contributed by atoms with van der Waals surface area (Å²) < 4.78 is 152. The Hall–Kier alpha value is -6.64. The summed E-state index contributed by atoms with van der Waals surface area (Å²) in [6.45, 7) is 1.45. The third-order valence-corrected chi connectivity index (χ3v) is 9.10. The number of nitrogens with zero attached hydrogens (tertiary/aromatic N) is 2. The third-order valence-electron chi connectivity index (χ3n) is 9.10. The molecule has 2 nitrogen and oxygen atoms in total. The van der Waals surface area contributed by atoms with E-state index in [9.17, 15) is 5.48 Å². The summed E-state index contributed by atoms with van der Waals surface area (Å²) in [4.78, 5) is 0. The number of fused-ring (bicyclic) bond motifs is 6. The van der Waals surface area contributed by atoms with Gasteiger partial charge in [-0.15, -0.1) is 0 Å². The van der Waals surface area contributed by atoms with E-state index in [1.807, 2.05) is 66.7 Å². The number of aromatic nitrogens is 2. The average molecular weight is 668 g/mol. The highest BCUT2D eigenvalue weighted by atomic mass is 15.0. The SMILES string of the molecule is [2H]c1c([2H])c([2H])c(-c2c([2H])c([2H])c(-n3c4ccccc4c4cc(-c5ccc6c(c5)c5ccccc5n6-c5c([2H])c([2H])c(-c6c([2H])c([2H])c([2H])c(C)c6[2H])c([2H])c5[2H])ccc43)c([2H])c2[2H])c([2H])c1[2H]. The van der Waals surface area contributed by atoms with Gasteiger partial charge in [-0.25, -0.2) is 0 Å². The van der Waals surface area contributed by atoms with Crippen LogP contribution in [0.2, 0.25) is 0 Å². The number of hydrogen-bond acceptors (Lipinski definition) is 0. The molecule has 0 N–H and O–H groups in total. The largest absolute Gasteiger partial charge is 0.309 e. The van der Waals surface area contributed by atoms with Crippen molar-refractivity contribution in [3.05, 3.63) is 193 Å². The molecule has 0 radical (unpaired) electrons. The zero-order chi connectivity index (χ0) is 48.7. The van der Waals surface area contributed by atoms with Crippen LogP contribution < -0.4 is 0 Å². The molecule has 0 fully saturated rings. The van der Waals surface area contributed by atoms with Gasteiger partial charge in [-0.2, -0.15) is 0 Å². The molecule has 2 heteroatoms. The molecule has 0 spiro atoms. The summed E-state index contributed by atoms with van der Waals surface area (Å²) in [5.74, 6) is 0. The quantitative estimate of drug-likeness (QED) is 0.173. The van der Waals surface area contributed by atoms with Crippen molar-refractivity contribution >= 4 is 43.6 Å². The van der Waals surface area contributed by atoms with Gasteiger partial charge >= 0.3 is 0 Å². The van der Waals surface area contributed by atoms with E-state index in [0.717, 1.165) is 27.3 Å². The lowest BCUT2D eigenvalue weighted by Crippen LogP contribution is -1.94. The lowest BCUT2D eigenvalue weighted by molar-refractivity contribution is 1.18. The van der Waals surface area contributed by atoms with Crippen molar-refractivity contribution in [2.24, 2.45) is 0 Å². The molecule has 51 heavy (non-hydrogen) atoms. The first-order valence-corrected chi connectivity index (χ1v) is 16.2. The van der Waals surface area contributed by atoms with Gasteiger partial charge in [0, 0.05) is 32.9 Å². The Morgan fingerprint density at radius 3 is 1.37 bits per heavy atom. The first kappa shape index (κ1) is 16.8. The van der Waals surface area contributed by atoms with Gasteiger partial charge in [-0.1, -0.05) is 133 Å². The summed E-state index contributed by atoms with van der Waals surface area (Å²) >= 11 is 0. The fourth-order valence-corrected chi connectivity index (χ4v) is 6.81. The van der Waals surface area contributed by atoms with Crippen LogP contribution in [0.25, 0.3) is 88.4 Å². The van der Waals surface area contributed by atoms with Crippen LogP contribution in [0.1, 0.15) is 28.9 Å². The molecule has 0 saturated carbocycles. The molecule has 8 aromatic carbocycles. The molecular weight excluding hydrogens is 617 g/mol. The average Bonchev–Trinajstić information content (AvgIpc) is 3.84. The molecular formula is C49H34N2. The second-order valence-electron chi connectivity index (χ2n) is 12.1. The van der Waals surface area contributed by atoms with Gasteiger partial charge in [0.1, 0.15) is 0 Å². The molecule has 0 aliphatic rings. The Kier molecular flexibility index (Phi) is 3.88. The summed E-state index contributed by atoms with van der Waals surface area (Å²) in [5.41, 5.74) is 2.40. The molecule has 2 heterocycles. The topological polar surface area (TPSA) is 9.86 Å². The minimum absolute atomic E-state index is 0.0505. The molecule has 0 aliphatic carbocycles. The minimum atomic E-state index is -0.660. The Labute approximate surface area is 321 Å². The van der Waals surface area contributed by atoms with E-state index in [0.29, 0.717) is 27.5 Å². The summed E-state index contributed by atoms with van der Waals surface area (Å²) in [6.07, 6.45) is 0. The number of hydrogen-bond donors (Lipinski definition) is 0. The molecule has 0 aliphatic heterocycles. The van der Waals surface area contributed by atoms with Crippen molar-refractivity contribution in [2.75, 3.05) is 0 Å². The molecule has 0 bridgehead atoms. The second-order valence-corrected chi connectivity index (χ2v) is 12.1. The van der Waals surface area contributed by atoms with Crippen molar-refractivity contribution in [1.82, 2.24) is 9.13 Å². The molecule has 240 valence electrons. The van der Waals surface area contributed by atoms with Gasteiger partial charge in [-0.3, -0.25) is 0 Å². The van der Waals surface area contributed by atoms with Gasteiger partial charge in [-0.05, 0) is 101 Å². The Morgan fingerprint density at radius 1 is 0.373 bits per heavy atom. The van der Waals surface area contributed by atoms with Crippen LogP contribution >= 0.6 is 0 Å². The van der Waals surface area contributed by atoms with E-state index in [2.05, 4.69) is 0 Å². The van der Waals surface area contributed by atoms with Gasteiger partial charge in [0.25, 0.3) is 0 Å². The highest BCUT2D eigenvalue weighted by Crippen LogP contribution is 2.38. The van der Waals surface area contributed by atoms with E-state index in [4.69, 9.17) is 17.8 Å². The summed E-state index contributed by atoms with van der Waals surface area (Å²) in [7, 11) is 0. The minimum Gasteiger partial charge on any atom is -0.309 e. The highest BCUT2D eigenvalue weighted by Gasteiger charge is 2.16. The molecule has 2 aromatic heterocycles. The van der Waals surface area contributed by atoms with E-state index >= 15 is 0 Å². The second kappa shape index (κ2) is 11.8. The Balaban J connectivity index is 1.15. The lowest BCUT2D eigenvalue weighted by atomic mass is 10.0. The fraction of sp³-hybridized carbons (Fsp3) is 0.0204. The number of para-hydroxylation sites is 2. The van der Waals surface area contributed by atoms with Gasteiger partial charge < -0.3 is 9.13 Å². The first-order valence-electron chi connectivity index (χ1n) is 24.7. The lowest BCUT2D eigenvalue weighted by Gasteiger charge is -2.11. The smallest absolute Gasteiger partial charge is 0.0645 e. The Bertz CT molecular complexity index is 3540. The predicted octanol–water partition coefficient (Wildman–Crippen LogP) is 13.2. The number of benzene rings is 8. The molecule has 0 amide bonds. The van der Waals surface area contributed by atoms with E-state index < -0.39 is 102 Å². The maximum atomic E-state index is 9.26. The van der Waals surface area contributed by atoms with Crippen LogP contribution in [0.4, 0.5) is 0 Å². The van der Waals surface area contributed by atoms with Crippen LogP contribution in [0.15, 0.2) is 188 Å². The monoisotopic (exact) mass is 667 g/mol. The van der Waals surface area contributed by atoms with E-state index in [1.54, 1.807) is 27.3 Å². The zero-order valence-electron chi connectivity index (χ0n) is 44.0. The maximum Gasteiger partial charge on any atom is 0.0645 e.